The van der Waals surface area contributed by atoms with Crippen LogP contribution in [0.2, 0.25) is 0 Å². The predicted octanol–water partition coefficient (Wildman–Crippen LogP) is 1.23. The molecule has 3 nitrogen and oxygen atoms in total. The molecule has 1 aromatic carbocycles. The fourth-order valence-corrected chi connectivity index (χ4v) is 0.798. The van der Waals surface area contributed by atoms with Gasteiger partial charge in [0.2, 0.25) is 0 Å². The number of hydrogen-bond acceptors (Lipinski definition) is 2. The van der Waals surface area contributed by atoms with Gasteiger partial charge >= 0.3 is 0 Å². The summed E-state index contributed by atoms with van der Waals surface area (Å²) in [4.78, 5) is 0. The predicted molar refractivity (Wildman–Crippen MR) is 53.4 cm³/mol. The molecule has 12 heavy (non-hydrogen) atoms. The maximum Gasteiger partial charge on any atom is 0.198 e. The van der Waals surface area contributed by atoms with Crippen molar-refractivity contribution in [1.82, 2.24) is 0 Å². The summed E-state index contributed by atoms with van der Waals surface area (Å²) in [5, 5.41) is 4.06. The lowest BCUT2D eigenvalue weighted by Gasteiger charge is -1.88. The van der Waals surface area contributed by atoms with Crippen LogP contribution in [0.3, 0.4) is 0 Å². The van der Waals surface area contributed by atoms with E-state index in [-0.39, 0.29) is 0 Å². The highest BCUT2D eigenvalue weighted by molar-refractivity contribution is 9.10. The van der Waals surface area contributed by atoms with Gasteiger partial charge in [-0.3, -0.25) is 0 Å². The molecule has 2 N–H and O–H groups in total. The standard InChI is InChI=1S/C7H7Br.H3NO2S/c1-6-2-4-7(8)5-3-6;1-4(2)3/h2-5H,1H3;4H,(H2,1,2,3). The van der Waals surface area contributed by atoms with Gasteiger partial charge < -0.3 is 0 Å². The number of halogens is 1. The third-order valence-electron chi connectivity index (χ3n) is 1.01. The zero-order valence-electron chi connectivity index (χ0n) is 6.53. The molecule has 0 radical (unpaired) electrons. The molecule has 0 aliphatic carbocycles. The highest BCUT2D eigenvalue weighted by Gasteiger charge is 1.81. The van der Waals surface area contributed by atoms with Gasteiger partial charge in [-0.1, -0.05) is 33.6 Å². The van der Waals surface area contributed by atoms with Gasteiger partial charge in [0.25, 0.3) is 0 Å². The van der Waals surface area contributed by atoms with E-state index in [1.807, 2.05) is 12.1 Å². The number of aryl methyl sites for hydroxylation is 1. The van der Waals surface area contributed by atoms with Crippen molar-refractivity contribution in [3.8, 4) is 0 Å². The van der Waals surface area contributed by atoms with E-state index in [0.29, 0.717) is 0 Å². The second-order valence-electron chi connectivity index (χ2n) is 2.08. The van der Waals surface area contributed by atoms with E-state index >= 15 is 0 Å². The average Bonchev–Trinajstić information content (AvgIpc) is 1.94. The maximum atomic E-state index is 8.81. The van der Waals surface area contributed by atoms with Crippen molar-refractivity contribution < 1.29 is 8.42 Å². The first-order valence-corrected chi connectivity index (χ1v) is 5.17. The summed E-state index contributed by atoms with van der Waals surface area (Å²) in [5.74, 6) is 0. The lowest BCUT2D eigenvalue weighted by atomic mass is 10.2. The molecule has 0 saturated heterocycles. The molecule has 1 rings (SSSR count). The maximum absolute atomic E-state index is 8.81. The Bertz CT molecular complexity index is 266. The SMILES string of the molecule is Cc1ccc(Br)cc1.N[SH](=O)=O. The van der Waals surface area contributed by atoms with Gasteiger partial charge in [0, 0.05) is 4.47 Å². The minimum absolute atomic E-state index is 1.14. The molecule has 0 aliphatic rings. The Hall–Kier alpha value is -0.390. The van der Waals surface area contributed by atoms with Crippen molar-refractivity contribution >= 4 is 26.8 Å². The summed E-state index contributed by atoms with van der Waals surface area (Å²) in [6.07, 6.45) is 0. The summed E-state index contributed by atoms with van der Waals surface area (Å²) in [5.41, 5.74) is 1.30. The number of thiol groups is 1. The lowest BCUT2D eigenvalue weighted by molar-refractivity contribution is 0.616. The minimum atomic E-state index is -2.62. The smallest absolute Gasteiger partial charge is 0.198 e. The second-order valence-corrected chi connectivity index (χ2v) is 3.57. The first-order chi connectivity index (χ1) is 5.52. The molecular formula is C7H10BrNO2S. The van der Waals surface area contributed by atoms with E-state index in [0.717, 1.165) is 4.47 Å². The zero-order valence-corrected chi connectivity index (χ0v) is 9.01. The van der Waals surface area contributed by atoms with Crippen molar-refractivity contribution in [2.24, 2.45) is 5.14 Å². The zero-order chi connectivity index (χ0) is 9.56. The van der Waals surface area contributed by atoms with Gasteiger partial charge in [0.15, 0.2) is 10.9 Å². The number of rotatable bonds is 0. The highest BCUT2D eigenvalue weighted by atomic mass is 79.9. The fraction of sp³-hybridized carbons (Fsp3) is 0.143. The Morgan fingerprint density at radius 3 is 1.83 bits per heavy atom. The van der Waals surface area contributed by atoms with Gasteiger partial charge in [-0.25, -0.2) is 13.6 Å². The molecule has 0 unspecified atom stereocenters. The van der Waals surface area contributed by atoms with Crippen molar-refractivity contribution in [2.45, 2.75) is 6.92 Å². The van der Waals surface area contributed by atoms with Gasteiger partial charge in [0.1, 0.15) is 0 Å². The summed E-state index contributed by atoms with van der Waals surface area (Å²) in [7, 11) is -2.62. The third kappa shape index (κ3) is 7.71. The molecule has 0 bridgehead atoms. The van der Waals surface area contributed by atoms with Gasteiger partial charge in [-0.2, -0.15) is 0 Å². The van der Waals surface area contributed by atoms with E-state index in [1.165, 1.54) is 5.56 Å². The van der Waals surface area contributed by atoms with E-state index in [4.69, 9.17) is 8.42 Å². The van der Waals surface area contributed by atoms with Crippen LogP contribution in [-0.2, 0) is 10.9 Å². The Morgan fingerprint density at radius 2 is 1.58 bits per heavy atom. The molecule has 0 aromatic heterocycles. The van der Waals surface area contributed by atoms with Crippen LogP contribution in [0.4, 0.5) is 0 Å². The minimum Gasteiger partial charge on any atom is -0.231 e. The molecule has 0 saturated carbocycles. The third-order valence-corrected chi connectivity index (χ3v) is 1.54. The van der Waals surface area contributed by atoms with Crippen molar-refractivity contribution in [2.75, 3.05) is 0 Å². The van der Waals surface area contributed by atoms with Crippen LogP contribution in [0.15, 0.2) is 28.7 Å². The monoisotopic (exact) mass is 251 g/mol. The number of hydrogen-bond donors (Lipinski definition) is 2. The van der Waals surface area contributed by atoms with Gasteiger partial charge in [0.05, 0.1) is 0 Å². The molecular weight excluding hydrogens is 242 g/mol. The first kappa shape index (κ1) is 11.6. The van der Waals surface area contributed by atoms with Crippen LogP contribution >= 0.6 is 15.9 Å². The van der Waals surface area contributed by atoms with Crippen LogP contribution in [0.25, 0.3) is 0 Å². The molecule has 0 atom stereocenters. The van der Waals surface area contributed by atoms with Crippen LogP contribution in [0.1, 0.15) is 5.56 Å². The van der Waals surface area contributed by atoms with Crippen molar-refractivity contribution in [1.29, 1.82) is 0 Å². The topological polar surface area (TPSA) is 60.2 Å². The van der Waals surface area contributed by atoms with Gasteiger partial charge in [-0.05, 0) is 19.1 Å². The lowest BCUT2D eigenvalue weighted by Crippen LogP contribution is -1.85. The first-order valence-electron chi connectivity index (χ1n) is 3.13. The molecule has 5 heteroatoms. The quantitative estimate of drug-likeness (QED) is 0.682. The Balaban J connectivity index is 0.000000261. The number of benzene rings is 1. The molecule has 0 amide bonds. The van der Waals surface area contributed by atoms with Crippen molar-refractivity contribution in [3.63, 3.8) is 0 Å². The Kier molecular flexibility index (Phi) is 5.96. The van der Waals surface area contributed by atoms with Crippen LogP contribution in [0, 0.1) is 6.92 Å². The number of nitrogens with two attached hydrogens (primary N) is 1. The molecule has 0 spiro atoms. The second kappa shape index (κ2) is 6.16. The molecule has 0 aliphatic heterocycles. The van der Waals surface area contributed by atoms with E-state index in [1.54, 1.807) is 0 Å². The fourth-order valence-electron chi connectivity index (χ4n) is 0.533. The molecule has 0 fully saturated rings. The normalized spacial score (nSPS) is 9.00. The largest absolute Gasteiger partial charge is 0.231 e. The molecule has 1 aromatic rings. The summed E-state index contributed by atoms with van der Waals surface area (Å²) < 4.78 is 18.8. The van der Waals surface area contributed by atoms with Crippen LogP contribution in [-0.4, -0.2) is 8.42 Å². The summed E-state index contributed by atoms with van der Waals surface area (Å²) in [6, 6.07) is 8.22. The van der Waals surface area contributed by atoms with E-state index in [9.17, 15) is 0 Å². The summed E-state index contributed by atoms with van der Waals surface area (Å²) in [6.45, 7) is 2.08. The van der Waals surface area contributed by atoms with E-state index in [2.05, 4.69) is 40.1 Å². The van der Waals surface area contributed by atoms with Crippen molar-refractivity contribution in [3.05, 3.63) is 34.3 Å². The molecule has 0 heterocycles. The average molecular weight is 252 g/mol. The highest BCUT2D eigenvalue weighted by Crippen LogP contribution is 2.08. The van der Waals surface area contributed by atoms with Crippen LogP contribution in [0.5, 0.6) is 0 Å². The molecule has 68 valence electrons. The summed E-state index contributed by atoms with van der Waals surface area (Å²) >= 11 is 3.35. The van der Waals surface area contributed by atoms with E-state index < -0.39 is 10.9 Å². The Labute approximate surface area is 81.8 Å². The Morgan fingerprint density at radius 1 is 1.25 bits per heavy atom. The van der Waals surface area contributed by atoms with Gasteiger partial charge in [-0.15, -0.1) is 0 Å². The van der Waals surface area contributed by atoms with Crippen LogP contribution < -0.4 is 5.14 Å².